The zero-order valence-corrected chi connectivity index (χ0v) is 45.6. The van der Waals surface area contributed by atoms with Crippen LogP contribution in [0, 0.1) is 12.8 Å². The van der Waals surface area contributed by atoms with Gasteiger partial charge in [-0.1, -0.05) is 31.6 Å². The van der Waals surface area contributed by atoms with Gasteiger partial charge in [0.1, 0.15) is 23.0 Å². The van der Waals surface area contributed by atoms with E-state index in [1.807, 2.05) is 60.8 Å². The number of fused-ring (bicyclic) bond motifs is 3. The molecule has 2 aliphatic carbocycles. The highest BCUT2D eigenvalue weighted by Gasteiger charge is 2.46. The van der Waals surface area contributed by atoms with Crippen molar-refractivity contribution in [3.8, 4) is 11.5 Å². The molecule has 1 atom stereocenters. The fourth-order valence-corrected chi connectivity index (χ4v) is 13.3. The number of benzene rings is 3. The first-order valence-electron chi connectivity index (χ1n) is 23.9. The summed E-state index contributed by atoms with van der Waals surface area (Å²) in [7, 11) is -23.3. The Hall–Kier alpha value is -5.42. The molecule has 0 fully saturated rings. The van der Waals surface area contributed by atoms with Crippen molar-refractivity contribution in [3.05, 3.63) is 123 Å². The van der Waals surface area contributed by atoms with Crippen molar-refractivity contribution >= 4 is 79.4 Å². The van der Waals surface area contributed by atoms with Crippen molar-refractivity contribution in [1.82, 2.24) is 0 Å². The van der Waals surface area contributed by atoms with Crippen LogP contribution in [0.15, 0.2) is 112 Å². The summed E-state index contributed by atoms with van der Waals surface area (Å²) in [6.45, 7) is 10.6. The molecular weight excluding hydrogens is 1080 g/mol. The van der Waals surface area contributed by atoms with Gasteiger partial charge in [0.05, 0.1) is 28.3 Å². The number of ether oxygens (including phenoxy) is 2. The van der Waals surface area contributed by atoms with Gasteiger partial charge in [0.2, 0.25) is 5.69 Å². The van der Waals surface area contributed by atoms with Gasteiger partial charge in [-0.05, 0) is 131 Å². The smallest absolute Gasteiger partial charge is 0.357 e. The van der Waals surface area contributed by atoms with Crippen LogP contribution in [0.25, 0.3) is 0 Å². The Morgan fingerprint density at radius 2 is 1.35 bits per heavy atom. The van der Waals surface area contributed by atoms with Gasteiger partial charge in [0, 0.05) is 59.1 Å². The molecule has 75 heavy (non-hydrogen) atoms. The van der Waals surface area contributed by atoms with Crippen LogP contribution in [-0.4, -0.2) is 99.7 Å². The number of aryl methyl sites for hydroxylation is 1. The van der Waals surface area contributed by atoms with Gasteiger partial charge in [-0.3, -0.25) is 32.2 Å². The van der Waals surface area contributed by atoms with Gasteiger partial charge >= 0.3 is 20.6 Å². The molecule has 8 rings (SSSR count). The summed E-state index contributed by atoms with van der Waals surface area (Å²) in [5, 5.41) is 0. The summed E-state index contributed by atoms with van der Waals surface area (Å²) in [6, 6.07) is 12.7. The van der Waals surface area contributed by atoms with Crippen LogP contribution >= 0.6 is 0 Å². The molecule has 0 radical (unpaired) electrons. The minimum atomic E-state index is -5.20. The van der Waals surface area contributed by atoms with E-state index >= 15 is 0 Å². The minimum Gasteiger partial charge on any atom is -0.453 e. The number of hydrogen-bond donors (Lipinski definition) is 7. The number of hydrogen-bond acceptors (Lipinski definition) is 13. The summed E-state index contributed by atoms with van der Waals surface area (Å²) in [4.78, 5) is 1.06. The highest BCUT2D eigenvalue weighted by molar-refractivity contribution is 7.87. The van der Waals surface area contributed by atoms with Crippen molar-refractivity contribution in [2.45, 2.75) is 102 Å². The predicted octanol–water partition coefficient (Wildman–Crippen LogP) is 7.73. The molecule has 0 saturated carbocycles. The highest BCUT2D eigenvalue weighted by Crippen LogP contribution is 2.54. The number of unbranched alkanes of at least 4 members (excludes halogenated alkanes) is 2. The van der Waals surface area contributed by atoms with Crippen molar-refractivity contribution in [3.63, 3.8) is 0 Å². The van der Waals surface area contributed by atoms with Crippen molar-refractivity contribution in [1.29, 1.82) is 0 Å². The second-order valence-corrected chi connectivity index (χ2v) is 27.1. The third-order valence-corrected chi connectivity index (χ3v) is 17.6. The van der Waals surface area contributed by atoms with Crippen LogP contribution in [-0.2, 0) is 61.8 Å². The van der Waals surface area contributed by atoms with Gasteiger partial charge < -0.3 is 14.4 Å². The monoisotopic (exact) mass is 1140 g/mol. The molecule has 1 unspecified atom stereocenters. The van der Waals surface area contributed by atoms with E-state index < -0.39 is 89.6 Å². The lowest BCUT2D eigenvalue weighted by Crippen LogP contribution is -2.28. The van der Waals surface area contributed by atoms with E-state index in [0.29, 0.717) is 78.7 Å². The summed E-state index contributed by atoms with van der Waals surface area (Å²) in [6.07, 6.45) is 10.4. The molecule has 3 aliphatic heterocycles. The Morgan fingerprint density at radius 3 is 2.00 bits per heavy atom. The summed E-state index contributed by atoms with van der Waals surface area (Å²) < 4.78 is 189. The van der Waals surface area contributed by atoms with E-state index in [-0.39, 0.29) is 48.3 Å². The third-order valence-electron chi connectivity index (χ3n) is 14.1. The van der Waals surface area contributed by atoms with Gasteiger partial charge in [-0.2, -0.15) is 46.7 Å². The summed E-state index contributed by atoms with van der Waals surface area (Å²) >= 11 is 0. The highest BCUT2D eigenvalue weighted by atomic mass is 32.2. The first-order valence-corrected chi connectivity index (χ1v) is 31.4. The Bertz CT molecular complexity index is 3670. The lowest BCUT2D eigenvalue weighted by molar-refractivity contribution is -0.438. The molecule has 3 aromatic rings. The van der Waals surface area contributed by atoms with E-state index in [0.717, 1.165) is 34.7 Å². The SMILES string of the molecule is Cc1ccc2c(c1)C(C)(C)C(C=CC1=C3Oc4c(cc(NS(=O)(=O)O)cc4S(=O)(=O)O)OC4=C3C(CCC4=CC=C3N(CCCCS(=O)(=O)O)c4ccc(NS(=O)(=O)O)cc4C3(C)C)CC1)=[N+]2CCCCS(=O)(=O)O. The molecule has 7 N–H and O–H groups in total. The van der Waals surface area contributed by atoms with Crippen molar-refractivity contribution in [2.24, 2.45) is 5.92 Å². The maximum Gasteiger partial charge on any atom is 0.357 e. The number of nitrogens with zero attached hydrogens (tertiary/aromatic N) is 2. The van der Waals surface area contributed by atoms with Crippen molar-refractivity contribution in [2.75, 3.05) is 38.9 Å². The van der Waals surface area contributed by atoms with Crippen molar-refractivity contribution < 1.29 is 78.9 Å². The Labute approximate surface area is 437 Å². The van der Waals surface area contributed by atoms with Crippen LogP contribution in [0.4, 0.5) is 22.7 Å². The molecule has 0 bridgehead atoms. The van der Waals surface area contributed by atoms with Gasteiger partial charge in [-0.25, -0.2) is 0 Å². The molecule has 26 heteroatoms. The molecule has 0 spiro atoms. The third kappa shape index (κ3) is 12.4. The van der Waals surface area contributed by atoms with Gasteiger partial charge in [0.25, 0.3) is 30.4 Å². The quantitative estimate of drug-likeness (QED) is 0.0364. The lowest BCUT2D eigenvalue weighted by Gasteiger charge is -2.33. The van der Waals surface area contributed by atoms with E-state index in [9.17, 15) is 64.9 Å². The topological polar surface area (TPSA) is 321 Å². The molecular formula is C49H59N4O17S5+. The maximum absolute atomic E-state index is 13.2. The standard InChI is InChI=1S/C49H58N4O17S5/c1-30-10-18-38-36(26-30)48(2,3)42(52(38)22-6-8-24-71(54,55)56)21-16-33-14-12-31-11-13-32(45-44(31)46(33)70-47-40(69-45)28-35(51-75(66,67)68)29-41(47)73(60,61)62)15-20-43-49(4,5)37-27-34(50-74(63,64)65)17-19-39(37)53(43)23-7-9-25-72(57,58)59/h10,15-21,26-29,31,50-51H,6-9,11-14,22-25H2,1-5H3,(H4-,54,55,56,57,58,59,60,61,62,63,64,65,66,67,68)/p+1. The van der Waals surface area contributed by atoms with E-state index in [1.165, 1.54) is 6.07 Å². The van der Waals surface area contributed by atoms with Crippen LogP contribution in [0.3, 0.4) is 0 Å². The maximum atomic E-state index is 13.2. The molecule has 0 amide bonds. The Balaban J connectivity index is 1.31. The minimum absolute atomic E-state index is 0.0811. The van der Waals surface area contributed by atoms with Gasteiger partial charge in [0.15, 0.2) is 17.2 Å². The summed E-state index contributed by atoms with van der Waals surface area (Å²) in [5.41, 5.74) is 5.68. The number of nitrogens with one attached hydrogen (secondary N) is 2. The Morgan fingerprint density at radius 1 is 0.693 bits per heavy atom. The second kappa shape index (κ2) is 20.2. The molecule has 406 valence electrons. The Kier molecular flexibility index (Phi) is 15.0. The lowest BCUT2D eigenvalue weighted by atomic mass is 9.74. The normalized spacial score (nSPS) is 20.5. The van der Waals surface area contributed by atoms with Crippen LogP contribution in [0.5, 0.6) is 11.5 Å². The van der Waals surface area contributed by atoms with E-state index in [1.54, 1.807) is 18.2 Å². The fourth-order valence-electron chi connectivity index (χ4n) is 10.7. The predicted molar refractivity (Wildman–Crippen MR) is 281 cm³/mol. The van der Waals surface area contributed by atoms with Gasteiger partial charge in [-0.15, -0.1) is 0 Å². The second-order valence-electron chi connectivity index (χ2n) is 20.3. The molecule has 3 aromatic carbocycles. The summed E-state index contributed by atoms with van der Waals surface area (Å²) in [5.74, 6) is -1.46. The zero-order chi connectivity index (χ0) is 54.8. The number of anilines is 3. The largest absolute Gasteiger partial charge is 0.453 e. The zero-order valence-electron chi connectivity index (χ0n) is 41.6. The number of rotatable bonds is 18. The molecule has 5 aliphatic rings. The fraction of sp³-hybridized carbons (Fsp3) is 0.408. The average molecular weight is 1140 g/mol. The van der Waals surface area contributed by atoms with Crippen LogP contribution in [0.2, 0.25) is 0 Å². The van der Waals surface area contributed by atoms with Crippen LogP contribution in [0.1, 0.15) is 95.8 Å². The first kappa shape index (κ1) is 55.8. The molecule has 3 heterocycles. The van der Waals surface area contributed by atoms with Crippen LogP contribution < -0.4 is 23.8 Å². The average Bonchev–Trinajstić information content (AvgIpc) is 3.50. The molecule has 21 nitrogen and oxygen atoms in total. The van der Waals surface area contributed by atoms with E-state index in [4.69, 9.17) is 9.47 Å². The molecule has 0 saturated heterocycles. The van der Waals surface area contributed by atoms with E-state index in [2.05, 4.69) is 29.2 Å². The first-order chi connectivity index (χ1) is 34.7. The number of allylic oxidation sites excluding steroid dienone is 8. The molecule has 0 aromatic heterocycles.